The number of nitrogens with zero attached hydrogens (tertiary/aromatic N) is 2. The zero-order valence-electron chi connectivity index (χ0n) is 17.6. The van der Waals surface area contributed by atoms with Gasteiger partial charge in [0, 0.05) is 49.5 Å². The maximum absolute atomic E-state index is 12.9. The zero-order chi connectivity index (χ0) is 22.6. The SMILES string of the molecule is CN(C)c1ccc(CNC(=O)C2CCCN(S(=O)(=O)Cc3ccc(Cl)cc3Cl)C2)cc1. The molecule has 1 aliphatic rings. The van der Waals surface area contributed by atoms with E-state index in [1.165, 1.54) is 10.4 Å². The standard InChI is InChI=1S/C22H27Cl2N3O3S/c1-26(2)20-9-5-16(6-10-20)13-25-22(28)17-4-3-11-27(14-17)31(29,30)15-18-7-8-19(23)12-21(18)24/h5-10,12,17H,3-4,11,13-15H2,1-2H3,(H,25,28). The van der Waals surface area contributed by atoms with Crippen LogP contribution in [0.2, 0.25) is 10.0 Å². The average Bonchev–Trinajstić information content (AvgIpc) is 2.74. The maximum Gasteiger partial charge on any atom is 0.224 e. The first-order valence-corrected chi connectivity index (χ1v) is 12.5. The topological polar surface area (TPSA) is 69.7 Å². The molecule has 9 heteroatoms. The second-order valence-electron chi connectivity index (χ2n) is 7.97. The first-order valence-electron chi connectivity index (χ1n) is 10.1. The molecule has 2 aromatic carbocycles. The molecule has 1 saturated heterocycles. The Balaban J connectivity index is 1.59. The lowest BCUT2D eigenvalue weighted by molar-refractivity contribution is -0.126. The first kappa shape index (κ1) is 23.9. The van der Waals surface area contributed by atoms with Gasteiger partial charge in [-0.15, -0.1) is 0 Å². The van der Waals surface area contributed by atoms with Gasteiger partial charge in [-0.25, -0.2) is 12.7 Å². The number of piperidine rings is 1. The van der Waals surface area contributed by atoms with Crippen LogP contribution in [0.5, 0.6) is 0 Å². The Labute approximate surface area is 194 Å². The Morgan fingerprint density at radius 2 is 1.87 bits per heavy atom. The van der Waals surface area contributed by atoms with Gasteiger partial charge in [-0.2, -0.15) is 0 Å². The molecule has 0 saturated carbocycles. The molecule has 31 heavy (non-hydrogen) atoms. The number of benzene rings is 2. The number of nitrogens with one attached hydrogen (secondary N) is 1. The van der Waals surface area contributed by atoms with Crippen molar-refractivity contribution in [2.24, 2.45) is 5.92 Å². The lowest BCUT2D eigenvalue weighted by atomic mass is 9.99. The molecular formula is C22H27Cl2N3O3S. The van der Waals surface area contributed by atoms with E-state index in [9.17, 15) is 13.2 Å². The van der Waals surface area contributed by atoms with Crippen molar-refractivity contribution in [3.05, 3.63) is 63.6 Å². The highest BCUT2D eigenvalue weighted by atomic mass is 35.5. The monoisotopic (exact) mass is 483 g/mol. The Hall–Kier alpha value is -1.80. The Kier molecular flexibility index (Phi) is 7.86. The molecule has 3 rings (SSSR count). The minimum absolute atomic E-state index is 0.124. The van der Waals surface area contributed by atoms with Crippen LogP contribution in [0.3, 0.4) is 0 Å². The minimum Gasteiger partial charge on any atom is -0.378 e. The highest BCUT2D eigenvalue weighted by Crippen LogP contribution is 2.26. The van der Waals surface area contributed by atoms with Gasteiger partial charge in [0.2, 0.25) is 15.9 Å². The van der Waals surface area contributed by atoms with Gasteiger partial charge >= 0.3 is 0 Å². The summed E-state index contributed by atoms with van der Waals surface area (Å²) in [6.07, 6.45) is 1.31. The van der Waals surface area contributed by atoms with Crippen LogP contribution in [0.1, 0.15) is 24.0 Å². The highest BCUT2D eigenvalue weighted by Gasteiger charge is 2.32. The third-order valence-electron chi connectivity index (χ3n) is 5.42. The second-order valence-corrected chi connectivity index (χ2v) is 10.8. The third kappa shape index (κ3) is 6.35. The summed E-state index contributed by atoms with van der Waals surface area (Å²) in [6.45, 7) is 0.998. The minimum atomic E-state index is -3.60. The van der Waals surface area contributed by atoms with Gasteiger partial charge in [-0.05, 0) is 48.2 Å². The molecule has 1 heterocycles. The van der Waals surface area contributed by atoms with E-state index in [4.69, 9.17) is 23.2 Å². The molecule has 1 amide bonds. The zero-order valence-corrected chi connectivity index (χ0v) is 20.0. The van der Waals surface area contributed by atoms with E-state index >= 15 is 0 Å². The number of hydrogen-bond acceptors (Lipinski definition) is 4. The van der Waals surface area contributed by atoms with Crippen LogP contribution in [-0.2, 0) is 27.1 Å². The number of anilines is 1. The van der Waals surface area contributed by atoms with E-state index in [0.29, 0.717) is 41.5 Å². The first-order chi connectivity index (χ1) is 14.7. The normalized spacial score (nSPS) is 17.4. The molecule has 0 bridgehead atoms. The Morgan fingerprint density at radius 3 is 2.52 bits per heavy atom. The van der Waals surface area contributed by atoms with Crippen LogP contribution < -0.4 is 10.2 Å². The van der Waals surface area contributed by atoms with Crippen LogP contribution in [0, 0.1) is 5.92 Å². The number of sulfonamides is 1. The van der Waals surface area contributed by atoms with Crippen molar-refractivity contribution in [1.82, 2.24) is 9.62 Å². The summed E-state index contributed by atoms with van der Waals surface area (Å²) in [6, 6.07) is 12.7. The molecular weight excluding hydrogens is 457 g/mol. The van der Waals surface area contributed by atoms with Gasteiger partial charge in [0.25, 0.3) is 0 Å². The van der Waals surface area contributed by atoms with E-state index in [1.807, 2.05) is 43.3 Å². The summed E-state index contributed by atoms with van der Waals surface area (Å²) in [5, 5.41) is 3.72. The van der Waals surface area contributed by atoms with E-state index in [0.717, 1.165) is 11.3 Å². The summed E-state index contributed by atoms with van der Waals surface area (Å²) in [5.41, 5.74) is 2.58. The molecule has 1 aliphatic heterocycles. The average molecular weight is 484 g/mol. The quantitative estimate of drug-likeness (QED) is 0.647. The van der Waals surface area contributed by atoms with Crippen molar-refractivity contribution in [3.63, 3.8) is 0 Å². The fourth-order valence-electron chi connectivity index (χ4n) is 3.58. The molecule has 2 aromatic rings. The van der Waals surface area contributed by atoms with Crippen LogP contribution in [0.4, 0.5) is 5.69 Å². The number of amides is 1. The van der Waals surface area contributed by atoms with Crippen molar-refractivity contribution in [2.75, 3.05) is 32.1 Å². The van der Waals surface area contributed by atoms with Crippen LogP contribution in [0.15, 0.2) is 42.5 Å². The van der Waals surface area contributed by atoms with Gasteiger partial charge in [-0.3, -0.25) is 4.79 Å². The second kappa shape index (κ2) is 10.2. The van der Waals surface area contributed by atoms with Crippen molar-refractivity contribution < 1.29 is 13.2 Å². The molecule has 1 N–H and O–H groups in total. The van der Waals surface area contributed by atoms with E-state index in [-0.39, 0.29) is 24.1 Å². The number of carbonyl (C=O) groups is 1. The van der Waals surface area contributed by atoms with Crippen molar-refractivity contribution in [2.45, 2.75) is 25.1 Å². The Bertz CT molecular complexity index is 1030. The smallest absolute Gasteiger partial charge is 0.224 e. The number of carbonyl (C=O) groups excluding carboxylic acids is 1. The van der Waals surface area contributed by atoms with Crippen LogP contribution in [0.25, 0.3) is 0 Å². The fourth-order valence-corrected chi connectivity index (χ4v) is 5.78. The van der Waals surface area contributed by atoms with Gasteiger partial charge in [0.05, 0.1) is 11.7 Å². The van der Waals surface area contributed by atoms with Crippen LogP contribution >= 0.6 is 23.2 Å². The molecule has 1 atom stereocenters. The molecule has 1 unspecified atom stereocenters. The van der Waals surface area contributed by atoms with Gasteiger partial charge in [0.1, 0.15) is 0 Å². The molecule has 0 aromatic heterocycles. The molecule has 0 aliphatic carbocycles. The predicted molar refractivity (Wildman–Crippen MR) is 126 cm³/mol. The largest absolute Gasteiger partial charge is 0.378 e. The lowest BCUT2D eigenvalue weighted by Crippen LogP contribution is -2.45. The fraction of sp³-hybridized carbons (Fsp3) is 0.409. The highest BCUT2D eigenvalue weighted by molar-refractivity contribution is 7.88. The summed E-state index contributed by atoms with van der Waals surface area (Å²) in [4.78, 5) is 14.7. The third-order valence-corrected chi connectivity index (χ3v) is 7.80. The van der Waals surface area contributed by atoms with Crippen LogP contribution in [-0.4, -0.2) is 45.8 Å². The molecule has 0 radical (unpaired) electrons. The van der Waals surface area contributed by atoms with Crippen molar-refractivity contribution >= 4 is 44.8 Å². The predicted octanol–water partition coefficient (Wildman–Crippen LogP) is 3.92. The van der Waals surface area contributed by atoms with E-state index in [1.54, 1.807) is 12.1 Å². The summed E-state index contributed by atoms with van der Waals surface area (Å²) >= 11 is 12.0. The van der Waals surface area contributed by atoms with Gasteiger partial charge in [-0.1, -0.05) is 41.4 Å². The van der Waals surface area contributed by atoms with Crippen molar-refractivity contribution in [3.8, 4) is 0 Å². The van der Waals surface area contributed by atoms with E-state index < -0.39 is 10.0 Å². The number of rotatable bonds is 7. The van der Waals surface area contributed by atoms with Gasteiger partial charge < -0.3 is 10.2 Å². The molecule has 0 spiro atoms. The maximum atomic E-state index is 12.9. The number of halogens is 2. The summed E-state index contributed by atoms with van der Waals surface area (Å²) < 4.78 is 27.3. The summed E-state index contributed by atoms with van der Waals surface area (Å²) in [7, 11) is 0.348. The number of hydrogen-bond donors (Lipinski definition) is 1. The van der Waals surface area contributed by atoms with E-state index in [2.05, 4.69) is 5.32 Å². The molecule has 6 nitrogen and oxygen atoms in total. The Morgan fingerprint density at radius 1 is 1.16 bits per heavy atom. The molecule has 1 fully saturated rings. The van der Waals surface area contributed by atoms with Gasteiger partial charge in [0.15, 0.2) is 0 Å². The summed E-state index contributed by atoms with van der Waals surface area (Å²) in [5.74, 6) is -0.707. The van der Waals surface area contributed by atoms with Crippen molar-refractivity contribution in [1.29, 1.82) is 0 Å². The molecule has 168 valence electrons. The lowest BCUT2D eigenvalue weighted by Gasteiger charge is -2.31.